The number of aliphatic hydroxyl groups excluding tert-OH is 1. The molecule has 0 aromatic carbocycles. The van der Waals surface area contributed by atoms with Crippen molar-refractivity contribution < 1.29 is 28.3 Å². The maximum absolute atomic E-state index is 11.9. The van der Waals surface area contributed by atoms with Gasteiger partial charge in [0.05, 0.1) is 40.9 Å². The smallest absolute Gasteiger partial charge is 0.135 e. The Hall–Kier alpha value is 0.0300. The summed E-state index contributed by atoms with van der Waals surface area (Å²) >= 11 is 0. The van der Waals surface area contributed by atoms with E-state index >= 15 is 0 Å². The van der Waals surface area contributed by atoms with Crippen molar-refractivity contribution in [2.24, 2.45) is 0 Å². The third kappa shape index (κ3) is 24.7. The summed E-state index contributed by atoms with van der Waals surface area (Å²) in [6.45, 7) is 3.54. The van der Waals surface area contributed by atoms with Crippen LogP contribution in [0.4, 0.5) is 0 Å². The second-order valence-corrected chi connectivity index (χ2v) is 12.2. The average Bonchev–Trinajstić information content (AvgIpc) is 2.71. The van der Waals surface area contributed by atoms with Crippen LogP contribution in [0, 0.1) is 0 Å². The molecule has 0 aliphatic rings. The van der Waals surface area contributed by atoms with Crippen molar-refractivity contribution in [2.45, 2.75) is 109 Å². The van der Waals surface area contributed by atoms with E-state index in [9.17, 15) is 14.6 Å². The normalized spacial score (nSPS) is 15.1. The van der Waals surface area contributed by atoms with Crippen molar-refractivity contribution in [3.63, 3.8) is 0 Å². The van der Waals surface area contributed by atoms with Gasteiger partial charge in [0.15, 0.2) is 0 Å². The first-order chi connectivity index (χ1) is 15.2. The van der Waals surface area contributed by atoms with E-state index in [0.29, 0.717) is 13.0 Å². The molecule has 0 rings (SSSR count). The zero-order valence-electron chi connectivity index (χ0n) is 21.7. The first kappa shape index (κ1) is 32.0. The summed E-state index contributed by atoms with van der Waals surface area (Å²) in [5.74, 6) is 0. The molecule has 0 saturated carbocycles. The minimum Gasteiger partial charge on any atom is -0.778 e. The summed E-state index contributed by atoms with van der Waals surface area (Å²) in [5, 5.41) is 9.87. The molecule has 0 amide bonds. The van der Waals surface area contributed by atoms with Crippen molar-refractivity contribution in [1.29, 1.82) is 0 Å². The van der Waals surface area contributed by atoms with E-state index < -0.39 is 13.7 Å². The summed E-state index contributed by atoms with van der Waals surface area (Å²) in [6.07, 6.45) is 18.1. The largest absolute Gasteiger partial charge is 0.778 e. The zero-order valence-corrected chi connectivity index (χ0v) is 22.6. The van der Waals surface area contributed by atoms with Crippen molar-refractivity contribution in [2.75, 3.05) is 53.7 Å². The Morgan fingerprint density at radius 2 is 1.25 bits per heavy atom. The molecule has 7 heteroatoms. The lowest BCUT2D eigenvalue weighted by atomic mass is 10.0. The lowest BCUT2D eigenvalue weighted by molar-refractivity contribution is -0.870. The first-order valence-corrected chi connectivity index (χ1v) is 14.9. The molecule has 194 valence electrons. The highest BCUT2D eigenvalue weighted by atomic mass is 31.2. The third-order valence-corrected chi connectivity index (χ3v) is 7.08. The molecule has 0 heterocycles. The van der Waals surface area contributed by atoms with Gasteiger partial charge in [-0.15, -0.1) is 0 Å². The molecule has 0 aromatic rings. The van der Waals surface area contributed by atoms with Crippen molar-refractivity contribution in [3.8, 4) is 0 Å². The molecule has 0 bridgehead atoms. The minimum absolute atomic E-state index is 0.00907. The second-order valence-electron chi connectivity index (χ2n) is 10.3. The van der Waals surface area contributed by atoms with Crippen molar-refractivity contribution in [3.05, 3.63) is 0 Å². The summed E-state index contributed by atoms with van der Waals surface area (Å²) < 4.78 is 23.0. The number of aliphatic hydroxyl groups is 1. The molecular formula is C25H54NO5P. The van der Waals surface area contributed by atoms with E-state index in [-0.39, 0.29) is 19.4 Å². The highest BCUT2D eigenvalue weighted by molar-refractivity contribution is 7.51. The molecule has 0 aromatic heterocycles. The van der Waals surface area contributed by atoms with Crippen molar-refractivity contribution >= 4 is 7.60 Å². The van der Waals surface area contributed by atoms with Crippen LogP contribution < -0.4 is 4.89 Å². The topological polar surface area (TPSA) is 78.8 Å². The van der Waals surface area contributed by atoms with Gasteiger partial charge in [0.25, 0.3) is 0 Å². The highest BCUT2D eigenvalue weighted by Crippen LogP contribution is 2.37. The van der Waals surface area contributed by atoms with Crippen LogP contribution in [-0.2, 0) is 13.8 Å². The van der Waals surface area contributed by atoms with Gasteiger partial charge in [0.2, 0.25) is 0 Å². The summed E-state index contributed by atoms with van der Waals surface area (Å²) in [7, 11) is 2.19. The van der Waals surface area contributed by atoms with Crippen molar-refractivity contribution in [1.82, 2.24) is 0 Å². The number of quaternary nitrogens is 1. The predicted molar refractivity (Wildman–Crippen MR) is 133 cm³/mol. The Kier molecular flexibility index (Phi) is 20.4. The Balaban J connectivity index is 3.40. The molecule has 2 atom stereocenters. The Morgan fingerprint density at radius 3 is 1.72 bits per heavy atom. The molecule has 6 nitrogen and oxygen atoms in total. The summed E-state index contributed by atoms with van der Waals surface area (Å²) in [5.41, 5.74) is 0. The quantitative estimate of drug-likeness (QED) is 0.112. The monoisotopic (exact) mass is 479 g/mol. The van der Waals surface area contributed by atoms with Gasteiger partial charge in [0.1, 0.15) is 13.7 Å². The van der Waals surface area contributed by atoms with E-state index in [4.69, 9.17) is 9.26 Å². The number of ether oxygens (including phenoxy) is 1. The van der Waals surface area contributed by atoms with Crippen LogP contribution >= 0.6 is 7.60 Å². The van der Waals surface area contributed by atoms with Gasteiger partial charge in [-0.25, -0.2) is 0 Å². The van der Waals surface area contributed by atoms with Gasteiger partial charge < -0.3 is 28.3 Å². The molecule has 0 radical (unpaired) electrons. The first-order valence-electron chi connectivity index (χ1n) is 13.2. The molecule has 0 aliphatic carbocycles. The van der Waals surface area contributed by atoms with E-state index in [1.165, 1.54) is 77.0 Å². The average molecular weight is 480 g/mol. The third-order valence-electron chi connectivity index (χ3n) is 5.68. The standard InChI is InChI=1S/C25H54NO5P/c1-5-6-7-8-9-10-11-12-13-14-15-16-17-18-21-30-23-25(27)24-31-32(28,29)22-19-20-26(2,3)4/h25,27H,5-24H2,1-4H3/t25-/m0/s1. The van der Waals surface area contributed by atoms with E-state index in [2.05, 4.69) is 6.92 Å². The van der Waals surface area contributed by atoms with Gasteiger partial charge >= 0.3 is 0 Å². The molecule has 0 spiro atoms. The summed E-state index contributed by atoms with van der Waals surface area (Å²) in [4.78, 5) is 11.9. The number of unbranched alkanes of at least 4 members (excludes halogenated alkanes) is 13. The minimum atomic E-state index is -3.88. The van der Waals surface area contributed by atoms with Gasteiger partial charge in [0, 0.05) is 19.2 Å². The lowest BCUT2D eigenvalue weighted by Gasteiger charge is -2.28. The lowest BCUT2D eigenvalue weighted by Crippen LogP contribution is -2.36. The number of hydrogen-bond acceptors (Lipinski definition) is 5. The second kappa shape index (κ2) is 20.4. The maximum Gasteiger partial charge on any atom is 0.135 e. The zero-order chi connectivity index (χ0) is 24.1. The molecule has 0 aliphatic heterocycles. The van der Waals surface area contributed by atoms with Crippen LogP contribution in [0.25, 0.3) is 0 Å². The maximum atomic E-state index is 11.9. The Bertz CT molecular complexity index is 456. The molecule has 1 N–H and O–H groups in total. The van der Waals surface area contributed by atoms with Crippen LogP contribution in [0.2, 0.25) is 0 Å². The molecule has 1 unspecified atom stereocenters. The van der Waals surface area contributed by atoms with Gasteiger partial charge in [-0.2, -0.15) is 0 Å². The fraction of sp³-hybridized carbons (Fsp3) is 1.00. The Morgan fingerprint density at radius 1 is 0.781 bits per heavy atom. The van der Waals surface area contributed by atoms with Crippen LogP contribution in [0.15, 0.2) is 0 Å². The van der Waals surface area contributed by atoms with Crippen LogP contribution in [0.1, 0.15) is 103 Å². The van der Waals surface area contributed by atoms with E-state index in [1.807, 2.05) is 21.1 Å². The fourth-order valence-electron chi connectivity index (χ4n) is 3.67. The molecule has 0 fully saturated rings. The summed E-state index contributed by atoms with van der Waals surface area (Å²) in [6, 6.07) is 0. The van der Waals surface area contributed by atoms with Crippen LogP contribution in [-0.4, -0.2) is 69.4 Å². The molecular weight excluding hydrogens is 425 g/mol. The van der Waals surface area contributed by atoms with E-state index in [0.717, 1.165) is 23.9 Å². The van der Waals surface area contributed by atoms with Crippen LogP contribution in [0.5, 0.6) is 0 Å². The number of rotatable bonds is 24. The number of hydrogen-bond donors (Lipinski definition) is 1. The fourth-order valence-corrected chi connectivity index (χ4v) is 4.73. The van der Waals surface area contributed by atoms with Gasteiger partial charge in [-0.1, -0.05) is 90.4 Å². The van der Waals surface area contributed by atoms with E-state index in [1.54, 1.807) is 0 Å². The predicted octanol–water partition coefficient (Wildman–Crippen LogP) is 5.51. The van der Waals surface area contributed by atoms with Gasteiger partial charge in [-0.3, -0.25) is 0 Å². The SMILES string of the molecule is CCCCCCCCCCCCCCCCOC[C@H](O)COP(=O)([O-])CCC[N+](C)(C)C. The van der Waals surface area contributed by atoms with Gasteiger partial charge in [-0.05, 0) is 6.42 Å². The van der Waals surface area contributed by atoms with Crippen LogP contribution in [0.3, 0.4) is 0 Å². The number of nitrogens with zero attached hydrogens (tertiary/aromatic N) is 1. The molecule has 0 saturated heterocycles. The molecule has 32 heavy (non-hydrogen) atoms. The Labute approximate surface area is 199 Å². The highest BCUT2D eigenvalue weighted by Gasteiger charge is 2.15.